The van der Waals surface area contributed by atoms with Crippen molar-refractivity contribution in [1.82, 2.24) is 0 Å². The highest BCUT2D eigenvalue weighted by Crippen LogP contribution is 2.32. The Balaban J connectivity index is 1.40. The first kappa shape index (κ1) is 24.6. The van der Waals surface area contributed by atoms with Crippen LogP contribution in [0, 0.1) is 0 Å². The van der Waals surface area contributed by atoms with E-state index in [2.05, 4.69) is 7.05 Å². The van der Waals surface area contributed by atoms with Crippen molar-refractivity contribution in [1.29, 1.82) is 0 Å². The normalized spacial score (nSPS) is 19.8. The molecule has 6 nitrogen and oxygen atoms in total. The molecule has 0 radical (unpaired) electrons. The number of quaternary nitrogens is 1. The second-order valence-electron chi connectivity index (χ2n) is 9.27. The fourth-order valence-electron chi connectivity index (χ4n) is 4.78. The van der Waals surface area contributed by atoms with E-state index >= 15 is 0 Å². The highest BCUT2D eigenvalue weighted by molar-refractivity contribution is 5.89. The zero-order valence-electron chi connectivity index (χ0n) is 20.0. The minimum atomic E-state index is -1.89. The van der Waals surface area contributed by atoms with Gasteiger partial charge in [0.15, 0.2) is 0 Å². The maximum atomic E-state index is 13.3. The van der Waals surface area contributed by atoms with Crippen LogP contribution < -0.4 is 0 Å². The summed E-state index contributed by atoms with van der Waals surface area (Å²) >= 11 is 0. The number of ether oxygens (including phenoxy) is 2. The summed E-state index contributed by atoms with van der Waals surface area (Å²) in [5, 5.41) is 11.6. The third-order valence-corrected chi connectivity index (χ3v) is 7.02. The first-order valence-corrected chi connectivity index (χ1v) is 12.0. The summed E-state index contributed by atoms with van der Waals surface area (Å²) in [7, 11) is 2.10. The molecule has 4 rings (SSSR count). The van der Waals surface area contributed by atoms with E-state index in [1.807, 2.05) is 18.2 Å². The van der Waals surface area contributed by atoms with Crippen molar-refractivity contribution >= 4 is 11.9 Å². The predicted octanol–water partition coefficient (Wildman–Crippen LogP) is 3.93. The summed E-state index contributed by atoms with van der Waals surface area (Å²) in [6, 6.07) is 26.7. The van der Waals surface area contributed by atoms with Crippen molar-refractivity contribution in [2.75, 3.05) is 33.4 Å². The monoisotopic (exact) mass is 474 g/mol. The quantitative estimate of drug-likeness (QED) is 0.376. The maximum absolute atomic E-state index is 13.3. The Morgan fingerprint density at radius 2 is 1.43 bits per heavy atom. The fourth-order valence-corrected chi connectivity index (χ4v) is 4.78. The van der Waals surface area contributed by atoms with Crippen molar-refractivity contribution in [2.45, 2.75) is 24.5 Å². The van der Waals surface area contributed by atoms with Crippen molar-refractivity contribution in [2.24, 2.45) is 0 Å². The minimum absolute atomic E-state index is 0.0603. The number of hydrogen-bond acceptors (Lipinski definition) is 5. The number of carbonyl (C=O) groups excluding carboxylic acids is 2. The number of carbonyl (C=O) groups is 2. The van der Waals surface area contributed by atoms with Crippen LogP contribution in [0.1, 0.15) is 34.3 Å². The van der Waals surface area contributed by atoms with Gasteiger partial charge in [-0.25, -0.2) is 9.59 Å². The average molecular weight is 475 g/mol. The van der Waals surface area contributed by atoms with E-state index in [9.17, 15) is 14.7 Å². The SMILES string of the molecule is C[N+]1(CCOC(=O)c2ccccc2)CCC[C@@H]1COC(=O)C(O)(c1ccccc1)c1ccccc1. The zero-order chi connectivity index (χ0) is 24.7. The number of rotatable bonds is 9. The van der Waals surface area contributed by atoms with Gasteiger partial charge in [-0.1, -0.05) is 78.9 Å². The van der Waals surface area contributed by atoms with Gasteiger partial charge in [0.25, 0.3) is 0 Å². The predicted molar refractivity (Wildman–Crippen MR) is 133 cm³/mol. The molecule has 3 aromatic rings. The molecule has 35 heavy (non-hydrogen) atoms. The first-order chi connectivity index (χ1) is 16.9. The van der Waals surface area contributed by atoms with Gasteiger partial charge in [0.1, 0.15) is 25.8 Å². The molecule has 1 unspecified atom stereocenters. The van der Waals surface area contributed by atoms with Crippen molar-refractivity contribution in [3.63, 3.8) is 0 Å². The van der Waals surface area contributed by atoms with Crippen molar-refractivity contribution in [3.05, 3.63) is 108 Å². The Morgan fingerprint density at radius 3 is 2.00 bits per heavy atom. The Hall–Kier alpha value is -3.48. The van der Waals surface area contributed by atoms with Crippen molar-refractivity contribution < 1.29 is 28.7 Å². The van der Waals surface area contributed by atoms with Gasteiger partial charge < -0.3 is 19.1 Å². The fraction of sp³-hybridized carbons (Fsp3) is 0.310. The van der Waals surface area contributed by atoms with Gasteiger partial charge >= 0.3 is 11.9 Å². The molecular formula is C29H32NO5+. The molecule has 0 spiro atoms. The van der Waals surface area contributed by atoms with Gasteiger partial charge in [-0.15, -0.1) is 0 Å². The molecule has 1 saturated heterocycles. The van der Waals surface area contributed by atoms with Crippen LogP contribution in [0.2, 0.25) is 0 Å². The summed E-state index contributed by atoms with van der Waals surface area (Å²) in [6.45, 7) is 2.01. The van der Waals surface area contributed by atoms with E-state index in [1.54, 1.807) is 72.8 Å². The minimum Gasteiger partial charge on any atom is -0.457 e. The maximum Gasteiger partial charge on any atom is 0.347 e. The molecule has 182 valence electrons. The second-order valence-corrected chi connectivity index (χ2v) is 9.27. The first-order valence-electron chi connectivity index (χ1n) is 12.0. The number of likely N-dealkylation sites (N-methyl/N-ethyl adjacent to an activating group) is 1. The Kier molecular flexibility index (Phi) is 7.63. The summed E-state index contributed by atoms with van der Waals surface area (Å²) < 4.78 is 11.9. The largest absolute Gasteiger partial charge is 0.457 e. The third-order valence-electron chi connectivity index (χ3n) is 7.02. The van der Waals surface area contributed by atoms with E-state index < -0.39 is 11.6 Å². The molecule has 6 heteroatoms. The summed E-state index contributed by atoms with van der Waals surface area (Å²) in [4.78, 5) is 25.6. The molecular weight excluding hydrogens is 442 g/mol. The molecule has 1 N–H and O–H groups in total. The Labute approximate surface area is 206 Å². The third kappa shape index (κ3) is 5.45. The molecule has 1 aliphatic rings. The number of likely N-dealkylation sites (tertiary alicyclic amines) is 1. The van der Waals surface area contributed by atoms with Crippen LogP contribution in [0.15, 0.2) is 91.0 Å². The number of aliphatic hydroxyl groups is 1. The van der Waals surface area contributed by atoms with Gasteiger partial charge in [-0.3, -0.25) is 0 Å². The summed E-state index contributed by atoms with van der Waals surface area (Å²) in [5.41, 5.74) is -0.431. The van der Waals surface area contributed by atoms with E-state index in [-0.39, 0.29) is 25.2 Å². The number of hydrogen-bond donors (Lipinski definition) is 1. The average Bonchev–Trinajstić information content (AvgIpc) is 3.28. The van der Waals surface area contributed by atoms with E-state index in [1.165, 1.54) is 0 Å². The summed E-state index contributed by atoms with van der Waals surface area (Å²) in [6.07, 6.45) is 1.89. The summed E-state index contributed by atoms with van der Waals surface area (Å²) in [5.74, 6) is -1.03. The van der Waals surface area contributed by atoms with E-state index in [0.29, 0.717) is 27.7 Å². The van der Waals surface area contributed by atoms with E-state index in [0.717, 1.165) is 19.4 Å². The van der Waals surface area contributed by atoms with Crippen LogP contribution in [0.4, 0.5) is 0 Å². The molecule has 3 aromatic carbocycles. The Morgan fingerprint density at radius 1 is 0.886 bits per heavy atom. The smallest absolute Gasteiger partial charge is 0.347 e. The molecule has 0 bridgehead atoms. The van der Waals surface area contributed by atoms with E-state index in [4.69, 9.17) is 9.47 Å². The van der Waals surface area contributed by atoms with Crippen LogP contribution in [0.3, 0.4) is 0 Å². The van der Waals surface area contributed by atoms with Gasteiger partial charge in [0.05, 0.1) is 19.2 Å². The highest BCUT2D eigenvalue weighted by atomic mass is 16.6. The molecule has 1 fully saturated rings. The lowest BCUT2D eigenvalue weighted by Crippen LogP contribution is -2.52. The standard InChI is InChI=1S/C29H32NO5/c1-30(20-21-34-27(31)23-12-5-2-6-13-23)19-11-18-26(30)22-35-28(32)29(33,24-14-7-3-8-15-24)25-16-9-4-10-17-25/h2-10,12-17,26,33H,11,18-22H2,1H3/q+1/t26-,30?/m1/s1. The van der Waals surface area contributed by atoms with Crippen molar-refractivity contribution in [3.8, 4) is 0 Å². The van der Waals surface area contributed by atoms with Crippen LogP contribution in [0.25, 0.3) is 0 Å². The lowest BCUT2D eigenvalue weighted by atomic mass is 9.86. The Bertz CT molecular complexity index is 1080. The molecule has 1 aliphatic heterocycles. The van der Waals surface area contributed by atoms with Gasteiger partial charge in [-0.05, 0) is 23.3 Å². The number of benzene rings is 3. The van der Waals surface area contributed by atoms with Gasteiger partial charge in [0, 0.05) is 12.8 Å². The van der Waals surface area contributed by atoms with Crippen LogP contribution in [-0.4, -0.2) is 60.9 Å². The molecule has 0 aromatic heterocycles. The zero-order valence-corrected chi connectivity index (χ0v) is 20.0. The lowest BCUT2D eigenvalue weighted by Gasteiger charge is -2.36. The number of esters is 2. The molecule has 1 heterocycles. The lowest BCUT2D eigenvalue weighted by molar-refractivity contribution is -0.921. The molecule has 0 aliphatic carbocycles. The second kappa shape index (κ2) is 10.8. The van der Waals surface area contributed by atoms with Crippen LogP contribution in [-0.2, 0) is 19.9 Å². The van der Waals surface area contributed by atoms with Gasteiger partial charge in [0.2, 0.25) is 5.60 Å². The van der Waals surface area contributed by atoms with Crippen LogP contribution >= 0.6 is 0 Å². The number of nitrogens with zero attached hydrogens (tertiary/aromatic N) is 1. The highest BCUT2D eigenvalue weighted by Gasteiger charge is 2.44. The van der Waals surface area contributed by atoms with Crippen LogP contribution in [0.5, 0.6) is 0 Å². The molecule has 0 saturated carbocycles. The molecule has 2 atom stereocenters. The van der Waals surface area contributed by atoms with Gasteiger partial charge in [-0.2, -0.15) is 0 Å². The molecule has 0 amide bonds. The topological polar surface area (TPSA) is 72.8 Å².